The smallest absolute Gasteiger partial charge is 0.286 e. The van der Waals surface area contributed by atoms with Crippen molar-refractivity contribution in [2.24, 2.45) is 0 Å². The first kappa shape index (κ1) is 17.8. The Bertz CT molecular complexity index is 714. The molecule has 0 spiro atoms. The van der Waals surface area contributed by atoms with E-state index in [4.69, 9.17) is 9.47 Å². The minimum Gasteiger partial charge on any atom is -0.493 e. The molecular formula is C19H25N2O3+. The van der Waals surface area contributed by atoms with Crippen LogP contribution in [0, 0.1) is 6.92 Å². The standard InChI is InChI=1S/C19H24N2O3/c1-5-15-7-6-14(2)21(12-15)13-19(22)20-11-16-8-9-17(23-3)18(10-16)24-4/h6-10,12H,5,11,13H2,1-4H3/p+1. The third kappa shape index (κ3) is 4.47. The van der Waals surface area contributed by atoms with Crippen molar-refractivity contribution in [1.29, 1.82) is 0 Å². The van der Waals surface area contributed by atoms with Crippen LogP contribution < -0.4 is 19.4 Å². The lowest BCUT2D eigenvalue weighted by Gasteiger charge is -2.10. The van der Waals surface area contributed by atoms with Crippen LogP contribution in [0.2, 0.25) is 0 Å². The Morgan fingerprint density at radius 1 is 1.08 bits per heavy atom. The van der Waals surface area contributed by atoms with Crippen LogP contribution >= 0.6 is 0 Å². The van der Waals surface area contributed by atoms with Gasteiger partial charge in [-0.25, -0.2) is 0 Å². The highest BCUT2D eigenvalue weighted by Gasteiger charge is 2.13. The normalized spacial score (nSPS) is 10.3. The summed E-state index contributed by atoms with van der Waals surface area (Å²) in [6.07, 6.45) is 2.98. The molecular weight excluding hydrogens is 304 g/mol. The molecule has 24 heavy (non-hydrogen) atoms. The van der Waals surface area contributed by atoms with Crippen molar-refractivity contribution in [1.82, 2.24) is 5.32 Å². The first-order valence-corrected chi connectivity index (χ1v) is 8.04. The summed E-state index contributed by atoms with van der Waals surface area (Å²) < 4.78 is 12.5. The molecule has 0 bridgehead atoms. The van der Waals surface area contributed by atoms with Gasteiger partial charge in [-0.2, -0.15) is 4.57 Å². The second-order valence-corrected chi connectivity index (χ2v) is 5.63. The van der Waals surface area contributed by atoms with Gasteiger partial charge in [0.2, 0.25) is 6.54 Å². The highest BCUT2D eigenvalue weighted by molar-refractivity contribution is 5.74. The number of aromatic nitrogens is 1. The van der Waals surface area contributed by atoms with Crippen LogP contribution in [0.25, 0.3) is 0 Å². The molecule has 2 aromatic rings. The van der Waals surface area contributed by atoms with Crippen molar-refractivity contribution in [3.05, 3.63) is 53.3 Å². The number of ether oxygens (including phenoxy) is 2. The van der Waals surface area contributed by atoms with Gasteiger partial charge in [0.25, 0.3) is 5.91 Å². The summed E-state index contributed by atoms with van der Waals surface area (Å²) in [5, 5.41) is 2.94. The zero-order valence-corrected chi connectivity index (χ0v) is 14.8. The van der Waals surface area contributed by atoms with E-state index in [-0.39, 0.29) is 5.91 Å². The summed E-state index contributed by atoms with van der Waals surface area (Å²) in [5.41, 5.74) is 3.24. The quantitative estimate of drug-likeness (QED) is 0.792. The second-order valence-electron chi connectivity index (χ2n) is 5.63. The molecule has 0 saturated heterocycles. The predicted octanol–water partition coefficient (Wildman–Crippen LogP) is 2.18. The molecule has 0 radical (unpaired) electrons. The SMILES string of the molecule is CCc1ccc(C)[n+](CC(=O)NCc2ccc(OC)c(OC)c2)c1. The average molecular weight is 329 g/mol. The fourth-order valence-corrected chi connectivity index (χ4v) is 2.45. The maximum absolute atomic E-state index is 12.2. The first-order chi connectivity index (χ1) is 11.6. The predicted molar refractivity (Wildman–Crippen MR) is 92.1 cm³/mol. The van der Waals surface area contributed by atoms with Crippen molar-refractivity contribution in [3.8, 4) is 11.5 Å². The largest absolute Gasteiger partial charge is 0.493 e. The van der Waals surface area contributed by atoms with Crippen molar-refractivity contribution >= 4 is 5.91 Å². The van der Waals surface area contributed by atoms with Gasteiger partial charge < -0.3 is 14.8 Å². The van der Waals surface area contributed by atoms with Gasteiger partial charge in [0.15, 0.2) is 23.4 Å². The highest BCUT2D eigenvalue weighted by Crippen LogP contribution is 2.27. The van der Waals surface area contributed by atoms with Gasteiger partial charge in [-0.15, -0.1) is 0 Å². The van der Waals surface area contributed by atoms with Crippen molar-refractivity contribution in [2.45, 2.75) is 33.4 Å². The van der Waals surface area contributed by atoms with Gasteiger partial charge in [-0.3, -0.25) is 4.79 Å². The van der Waals surface area contributed by atoms with Crippen LogP contribution in [0.15, 0.2) is 36.5 Å². The van der Waals surface area contributed by atoms with E-state index in [1.165, 1.54) is 5.56 Å². The summed E-state index contributed by atoms with van der Waals surface area (Å²) >= 11 is 0. The second kappa shape index (κ2) is 8.34. The lowest BCUT2D eigenvalue weighted by molar-refractivity contribution is -0.690. The van der Waals surface area contributed by atoms with Crippen LogP contribution in [0.5, 0.6) is 11.5 Å². The molecule has 1 heterocycles. The molecule has 0 saturated carbocycles. The first-order valence-electron chi connectivity index (χ1n) is 8.04. The number of nitrogens with zero attached hydrogens (tertiary/aromatic N) is 1. The Kier molecular flexibility index (Phi) is 6.18. The third-order valence-corrected chi connectivity index (χ3v) is 3.97. The molecule has 0 fully saturated rings. The number of hydrogen-bond donors (Lipinski definition) is 1. The summed E-state index contributed by atoms with van der Waals surface area (Å²) in [6.45, 7) is 4.87. The van der Waals surface area contributed by atoms with Gasteiger partial charge in [0.1, 0.15) is 0 Å². The topological polar surface area (TPSA) is 51.4 Å². The summed E-state index contributed by atoms with van der Waals surface area (Å²) in [5.74, 6) is 1.31. The average Bonchev–Trinajstić information content (AvgIpc) is 2.61. The molecule has 1 amide bonds. The third-order valence-electron chi connectivity index (χ3n) is 3.97. The van der Waals surface area contributed by atoms with Gasteiger partial charge in [0.05, 0.1) is 14.2 Å². The molecule has 5 nitrogen and oxygen atoms in total. The molecule has 0 aliphatic heterocycles. The zero-order valence-electron chi connectivity index (χ0n) is 14.8. The number of rotatable bonds is 7. The van der Waals surface area contributed by atoms with Gasteiger partial charge >= 0.3 is 0 Å². The molecule has 0 aliphatic rings. The molecule has 0 atom stereocenters. The van der Waals surface area contributed by atoms with E-state index in [1.54, 1.807) is 14.2 Å². The highest BCUT2D eigenvalue weighted by atomic mass is 16.5. The summed E-state index contributed by atoms with van der Waals surface area (Å²) in [4.78, 5) is 12.2. The Labute approximate surface area is 143 Å². The molecule has 0 unspecified atom stereocenters. The number of nitrogens with one attached hydrogen (secondary N) is 1. The molecule has 0 aliphatic carbocycles. The van der Waals surface area contributed by atoms with Crippen LogP contribution in [-0.4, -0.2) is 20.1 Å². The number of pyridine rings is 1. The van der Waals surface area contributed by atoms with Crippen molar-refractivity contribution < 1.29 is 18.8 Å². The maximum Gasteiger partial charge on any atom is 0.286 e. The van der Waals surface area contributed by atoms with E-state index in [2.05, 4.69) is 18.3 Å². The van der Waals surface area contributed by atoms with Gasteiger partial charge in [-0.1, -0.05) is 13.0 Å². The molecule has 1 aromatic heterocycles. The van der Waals surface area contributed by atoms with E-state index in [9.17, 15) is 4.79 Å². The minimum atomic E-state index is -0.0221. The number of methoxy groups -OCH3 is 2. The number of hydrogen-bond acceptors (Lipinski definition) is 3. The number of carbonyl (C=O) groups excluding carboxylic acids is 1. The van der Waals surface area contributed by atoms with E-state index in [1.807, 2.05) is 42.0 Å². The maximum atomic E-state index is 12.2. The Morgan fingerprint density at radius 2 is 1.79 bits per heavy atom. The van der Waals surface area contributed by atoms with E-state index in [0.717, 1.165) is 17.7 Å². The minimum absolute atomic E-state index is 0.0221. The fraction of sp³-hybridized carbons (Fsp3) is 0.368. The lowest BCUT2D eigenvalue weighted by Crippen LogP contribution is -2.45. The van der Waals surface area contributed by atoms with Crippen LogP contribution in [-0.2, 0) is 24.3 Å². The monoisotopic (exact) mass is 329 g/mol. The molecule has 128 valence electrons. The number of amides is 1. The number of carbonyl (C=O) groups is 1. The lowest BCUT2D eigenvalue weighted by atomic mass is 10.2. The summed E-state index contributed by atoms with van der Waals surface area (Å²) in [7, 11) is 3.20. The van der Waals surface area contributed by atoms with E-state index < -0.39 is 0 Å². The van der Waals surface area contributed by atoms with Crippen molar-refractivity contribution in [3.63, 3.8) is 0 Å². The van der Waals surface area contributed by atoms with Crippen molar-refractivity contribution in [2.75, 3.05) is 14.2 Å². The number of benzene rings is 1. The molecule has 1 aromatic carbocycles. The Morgan fingerprint density at radius 3 is 2.46 bits per heavy atom. The van der Waals surface area contributed by atoms with Crippen LogP contribution in [0.3, 0.4) is 0 Å². The zero-order chi connectivity index (χ0) is 17.5. The molecule has 5 heteroatoms. The Balaban J connectivity index is 1.98. The Hall–Kier alpha value is -2.56. The summed E-state index contributed by atoms with van der Waals surface area (Å²) in [6, 6.07) is 9.75. The van der Waals surface area contributed by atoms with Crippen LogP contribution in [0.1, 0.15) is 23.7 Å². The molecule has 2 rings (SSSR count). The number of aryl methyl sites for hydroxylation is 2. The van der Waals surface area contributed by atoms with E-state index >= 15 is 0 Å². The molecule has 1 N–H and O–H groups in total. The van der Waals surface area contributed by atoms with Crippen LogP contribution in [0.4, 0.5) is 0 Å². The fourth-order valence-electron chi connectivity index (χ4n) is 2.45. The van der Waals surface area contributed by atoms with Gasteiger partial charge in [0, 0.05) is 25.1 Å². The van der Waals surface area contributed by atoms with Gasteiger partial charge in [-0.05, 0) is 30.2 Å². The van der Waals surface area contributed by atoms with E-state index in [0.29, 0.717) is 24.6 Å².